The van der Waals surface area contributed by atoms with Gasteiger partial charge in [0.15, 0.2) is 0 Å². The first-order valence-corrected chi connectivity index (χ1v) is 5.73. The molecule has 0 amide bonds. The highest BCUT2D eigenvalue weighted by molar-refractivity contribution is 14.1. The fourth-order valence-electron chi connectivity index (χ4n) is 1.60. The van der Waals surface area contributed by atoms with Gasteiger partial charge in [-0.05, 0) is 48.1 Å². The fourth-order valence-corrected chi connectivity index (χ4v) is 2.58. The molecule has 1 unspecified atom stereocenters. The smallest absolute Gasteiger partial charge is 0.131 e. The van der Waals surface area contributed by atoms with E-state index < -0.39 is 5.41 Å². The van der Waals surface area contributed by atoms with E-state index in [0.29, 0.717) is 0 Å². The predicted octanol–water partition coefficient (Wildman–Crippen LogP) is 3.05. The highest BCUT2D eigenvalue weighted by Crippen LogP contribution is 2.30. The van der Waals surface area contributed by atoms with Gasteiger partial charge in [-0.3, -0.25) is 4.79 Å². The van der Waals surface area contributed by atoms with E-state index in [0.717, 1.165) is 9.13 Å². The van der Waals surface area contributed by atoms with Crippen molar-refractivity contribution in [2.45, 2.75) is 25.7 Å². The van der Waals surface area contributed by atoms with Crippen LogP contribution >= 0.6 is 22.6 Å². The van der Waals surface area contributed by atoms with Crippen LogP contribution in [0, 0.1) is 14.9 Å². The van der Waals surface area contributed by atoms with Gasteiger partial charge in [-0.2, -0.15) is 5.26 Å². The van der Waals surface area contributed by atoms with Crippen molar-refractivity contribution >= 4 is 28.4 Å². The van der Waals surface area contributed by atoms with Gasteiger partial charge < -0.3 is 0 Å². The summed E-state index contributed by atoms with van der Waals surface area (Å²) in [5.41, 5.74) is 0.229. The number of carbonyl (C=O) groups excluding carboxylic acids is 1. The van der Waals surface area contributed by atoms with Crippen LogP contribution in [0.15, 0.2) is 24.3 Å². The molecule has 0 heterocycles. The molecule has 0 saturated carbocycles. The molecule has 1 atom stereocenters. The van der Waals surface area contributed by atoms with E-state index in [1.165, 1.54) is 6.92 Å². The van der Waals surface area contributed by atoms with Crippen LogP contribution in [0.4, 0.5) is 0 Å². The zero-order valence-corrected chi connectivity index (χ0v) is 10.9. The lowest BCUT2D eigenvalue weighted by Crippen LogP contribution is -2.23. The fraction of sp³-hybridized carbons (Fsp3) is 0.333. The van der Waals surface area contributed by atoms with E-state index in [1.807, 2.05) is 31.2 Å². The molecule has 0 fully saturated rings. The molecule has 0 aliphatic rings. The van der Waals surface area contributed by atoms with Crippen LogP contribution < -0.4 is 0 Å². The number of nitrogens with zero attached hydrogens (tertiary/aromatic N) is 1. The van der Waals surface area contributed by atoms with Crippen LogP contribution in [0.1, 0.15) is 25.8 Å². The molecular formula is C12H12INO. The van der Waals surface area contributed by atoms with Gasteiger partial charge >= 0.3 is 0 Å². The number of ketones is 1. The molecule has 3 heteroatoms. The molecule has 0 radical (unpaired) electrons. The number of Topliss-reactive ketones (excluding diaryl/α,β-unsaturated/α-hetero) is 1. The molecular weight excluding hydrogens is 301 g/mol. The Hall–Kier alpha value is -0.890. The minimum absolute atomic E-state index is 0.0405. The minimum atomic E-state index is -0.705. The maximum absolute atomic E-state index is 11.1. The van der Waals surface area contributed by atoms with Crippen LogP contribution in [-0.2, 0) is 10.2 Å². The van der Waals surface area contributed by atoms with Gasteiger partial charge in [0.2, 0.25) is 0 Å². The molecule has 0 aliphatic carbocycles. The molecule has 0 aromatic heterocycles. The Labute approximate surface area is 103 Å². The van der Waals surface area contributed by atoms with E-state index in [4.69, 9.17) is 0 Å². The largest absolute Gasteiger partial charge is 0.300 e. The van der Waals surface area contributed by atoms with Crippen molar-refractivity contribution in [1.82, 2.24) is 0 Å². The predicted molar refractivity (Wildman–Crippen MR) is 67.4 cm³/mol. The Morgan fingerprint density at radius 2 is 2.13 bits per heavy atom. The summed E-state index contributed by atoms with van der Waals surface area (Å²) in [6.07, 6.45) is 0.267. The van der Waals surface area contributed by atoms with Gasteiger partial charge in [0, 0.05) is 9.99 Å². The Morgan fingerprint density at radius 3 is 2.60 bits per heavy atom. The maximum atomic E-state index is 11.1. The molecule has 0 spiro atoms. The summed E-state index contributed by atoms with van der Waals surface area (Å²) in [5.74, 6) is 0.0405. The standard InChI is InChI=1S/C12H12INO/c1-9(15)7-12(2,8-14)10-5-3-4-6-11(10)13/h3-6H,7H2,1-2H3. The summed E-state index contributed by atoms with van der Waals surface area (Å²) in [6.45, 7) is 3.33. The van der Waals surface area contributed by atoms with Crippen molar-refractivity contribution in [3.63, 3.8) is 0 Å². The summed E-state index contributed by atoms with van der Waals surface area (Å²) >= 11 is 2.19. The van der Waals surface area contributed by atoms with Gasteiger partial charge in [0.25, 0.3) is 0 Å². The van der Waals surface area contributed by atoms with E-state index >= 15 is 0 Å². The quantitative estimate of drug-likeness (QED) is 0.805. The summed E-state index contributed by atoms with van der Waals surface area (Å²) in [5, 5.41) is 9.21. The molecule has 0 aliphatic heterocycles. The summed E-state index contributed by atoms with van der Waals surface area (Å²) < 4.78 is 1.03. The van der Waals surface area contributed by atoms with Crippen molar-refractivity contribution in [3.8, 4) is 6.07 Å². The molecule has 1 aromatic carbocycles. The second-order valence-electron chi connectivity index (χ2n) is 3.80. The van der Waals surface area contributed by atoms with Crippen LogP contribution in [0.3, 0.4) is 0 Å². The Kier molecular flexibility index (Phi) is 3.86. The van der Waals surface area contributed by atoms with Crippen LogP contribution in [0.5, 0.6) is 0 Å². The third-order valence-corrected chi connectivity index (χ3v) is 3.26. The van der Waals surface area contributed by atoms with E-state index in [9.17, 15) is 10.1 Å². The first-order chi connectivity index (χ1) is 6.99. The number of halogens is 1. The Bertz CT molecular complexity index is 422. The minimum Gasteiger partial charge on any atom is -0.300 e. The Morgan fingerprint density at radius 1 is 1.53 bits per heavy atom. The molecule has 15 heavy (non-hydrogen) atoms. The second kappa shape index (κ2) is 4.75. The number of benzene rings is 1. The van der Waals surface area contributed by atoms with Crippen molar-refractivity contribution in [2.24, 2.45) is 0 Å². The molecule has 0 bridgehead atoms. The van der Waals surface area contributed by atoms with Gasteiger partial charge in [-0.1, -0.05) is 18.2 Å². The van der Waals surface area contributed by atoms with E-state index in [-0.39, 0.29) is 12.2 Å². The van der Waals surface area contributed by atoms with E-state index in [1.54, 1.807) is 0 Å². The number of hydrogen-bond acceptors (Lipinski definition) is 2. The monoisotopic (exact) mass is 313 g/mol. The van der Waals surface area contributed by atoms with Crippen LogP contribution in [-0.4, -0.2) is 5.78 Å². The molecule has 1 rings (SSSR count). The molecule has 0 N–H and O–H groups in total. The van der Waals surface area contributed by atoms with Crippen LogP contribution in [0.2, 0.25) is 0 Å². The van der Waals surface area contributed by atoms with Crippen molar-refractivity contribution in [2.75, 3.05) is 0 Å². The lowest BCUT2D eigenvalue weighted by molar-refractivity contribution is -0.117. The highest BCUT2D eigenvalue weighted by atomic mass is 127. The van der Waals surface area contributed by atoms with E-state index in [2.05, 4.69) is 28.7 Å². The van der Waals surface area contributed by atoms with Crippen molar-refractivity contribution in [3.05, 3.63) is 33.4 Å². The average Bonchev–Trinajstić information content (AvgIpc) is 2.17. The number of hydrogen-bond donors (Lipinski definition) is 0. The zero-order chi connectivity index (χ0) is 11.5. The Balaban J connectivity index is 3.18. The first-order valence-electron chi connectivity index (χ1n) is 4.65. The second-order valence-corrected chi connectivity index (χ2v) is 4.96. The topological polar surface area (TPSA) is 40.9 Å². The van der Waals surface area contributed by atoms with Gasteiger partial charge in [-0.15, -0.1) is 0 Å². The van der Waals surface area contributed by atoms with Gasteiger partial charge in [0.05, 0.1) is 11.5 Å². The number of carbonyl (C=O) groups is 1. The third kappa shape index (κ3) is 2.78. The molecule has 78 valence electrons. The van der Waals surface area contributed by atoms with Crippen LogP contribution in [0.25, 0.3) is 0 Å². The normalized spacial score (nSPS) is 14.0. The number of nitriles is 1. The number of rotatable bonds is 3. The average molecular weight is 313 g/mol. The lowest BCUT2D eigenvalue weighted by Gasteiger charge is -2.21. The lowest BCUT2D eigenvalue weighted by atomic mass is 9.80. The first kappa shape index (κ1) is 12.2. The molecule has 1 aromatic rings. The summed E-state index contributed by atoms with van der Waals surface area (Å²) in [7, 11) is 0. The van der Waals surface area contributed by atoms with Gasteiger partial charge in [0.1, 0.15) is 5.78 Å². The highest BCUT2D eigenvalue weighted by Gasteiger charge is 2.29. The summed E-state index contributed by atoms with van der Waals surface area (Å²) in [6, 6.07) is 9.93. The van der Waals surface area contributed by atoms with Gasteiger partial charge in [-0.25, -0.2) is 0 Å². The summed E-state index contributed by atoms with van der Waals surface area (Å²) in [4.78, 5) is 11.1. The maximum Gasteiger partial charge on any atom is 0.131 e. The van der Waals surface area contributed by atoms with Crippen molar-refractivity contribution < 1.29 is 4.79 Å². The van der Waals surface area contributed by atoms with Crippen molar-refractivity contribution in [1.29, 1.82) is 5.26 Å². The molecule has 0 saturated heterocycles. The molecule has 2 nitrogen and oxygen atoms in total. The third-order valence-electron chi connectivity index (χ3n) is 2.32. The SMILES string of the molecule is CC(=O)CC(C)(C#N)c1ccccc1I. The zero-order valence-electron chi connectivity index (χ0n) is 8.75.